The first-order chi connectivity index (χ1) is 8.99. The van der Waals surface area contributed by atoms with Crippen LogP contribution in [0.5, 0.6) is 0 Å². The second kappa shape index (κ2) is 6.25. The average molecular weight is 294 g/mol. The number of thioether (sulfide) groups is 1. The lowest BCUT2D eigenvalue weighted by Gasteiger charge is -2.37. The van der Waals surface area contributed by atoms with E-state index in [4.69, 9.17) is 18.0 Å². The first-order valence-corrected chi connectivity index (χ1v) is 8.19. The summed E-state index contributed by atoms with van der Waals surface area (Å²) in [4.78, 5) is 3.05. The Morgan fingerprint density at radius 2 is 2.21 bits per heavy atom. The third kappa shape index (κ3) is 3.50. The Morgan fingerprint density at radius 3 is 2.84 bits per heavy atom. The molecule has 1 aliphatic rings. The number of nitrogens with two attached hydrogens (primary N) is 1. The van der Waals surface area contributed by atoms with Gasteiger partial charge in [0.1, 0.15) is 4.99 Å². The Hall–Kier alpha value is -0.580. The molecule has 1 aliphatic heterocycles. The van der Waals surface area contributed by atoms with Crippen LogP contribution in [0.15, 0.2) is 18.2 Å². The minimum atomic E-state index is 0.478. The van der Waals surface area contributed by atoms with Crippen molar-refractivity contribution in [2.75, 3.05) is 12.3 Å². The fourth-order valence-corrected chi connectivity index (χ4v) is 3.75. The van der Waals surface area contributed by atoms with Gasteiger partial charge in [-0.1, -0.05) is 31.3 Å². The van der Waals surface area contributed by atoms with Gasteiger partial charge in [0.15, 0.2) is 0 Å². The van der Waals surface area contributed by atoms with Gasteiger partial charge in [-0.15, -0.1) is 0 Å². The standard InChI is InChI=1S/C15H22N2S2/c1-10-8-13(15(16)18)4-5-14(10)9-17-6-7-19-12(3)11(17)2/h4-5,8,11-12H,6-7,9H2,1-3H3,(H2,16,18). The summed E-state index contributed by atoms with van der Waals surface area (Å²) in [5.74, 6) is 1.23. The molecular weight excluding hydrogens is 272 g/mol. The van der Waals surface area contributed by atoms with Crippen molar-refractivity contribution in [1.29, 1.82) is 0 Å². The summed E-state index contributed by atoms with van der Waals surface area (Å²) in [6.07, 6.45) is 0. The van der Waals surface area contributed by atoms with Crippen LogP contribution in [0.1, 0.15) is 30.5 Å². The van der Waals surface area contributed by atoms with Crippen LogP contribution < -0.4 is 5.73 Å². The molecule has 2 nitrogen and oxygen atoms in total. The van der Waals surface area contributed by atoms with Gasteiger partial charge in [0.05, 0.1) is 0 Å². The van der Waals surface area contributed by atoms with Crippen molar-refractivity contribution in [1.82, 2.24) is 4.90 Å². The van der Waals surface area contributed by atoms with Crippen molar-refractivity contribution in [2.45, 2.75) is 38.6 Å². The van der Waals surface area contributed by atoms with Gasteiger partial charge in [0.25, 0.3) is 0 Å². The maximum Gasteiger partial charge on any atom is 0.103 e. The molecule has 1 aromatic carbocycles. The predicted octanol–water partition coefficient (Wildman–Crippen LogP) is 2.96. The summed E-state index contributed by atoms with van der Waals surface area (Å²) in [6, 6.07) is 6.94. The fourth-order valence-electron chi connectivity index (χ4n) is 2.46. The molecule has 1 aromatic rings. The van der Waals surface area contributed by atoms with E-state index < -0.39 is 0 Å². The maximum atomic E-state index is 5.68. The lowest BCUT2D eigenvalue weighted by atomic mass is 10.0. The molecule has 0 aliphatic carbocycles. The van der Waals surface area contributed by atoms with E-state index in [0.29, 0.717) is 16.3 Å². The zero-order chi connectivity index (χ0) is 14.0. The number of benzene rings is 1. The first-order valence-electron chi connectivity index (χ1n) is 6.74. The summed E-state index contributed by atoms with van der Waals surface area (Å²) in [6.45, 7) is 8.99. The van der Waals surface area contributed by atoms with E-state index in [9.17, 15) is 0 Å². The lowest BCUT2D eigenvalue weighted by molar-refractivity contribution is 0.204. The van der Waals surface area contributed by atoms with Crippen LogP contribution in [0.25, 0.3) is 0 Å². The first kappa shape index (κ1) is 14.8. The molecule has 0 aromatic heterocycles. The monoisotopic (exact) mass is 294 g/mol. The summed E-state index contributed by atoms with van der Waals surface area (Å²) >= 11 is 7.10. The summed E-state index contributed by atoms with van der Waals surface area (Å²) in [5.41, 5.74) is 9.30. The molecule has 2 N–H and O–H groups in total. The smallest absolute Gasteiger partial charge is 0.103 e. The van der Waals surface area contributed by atoms with Gasteiger partial charge in [-0.3, -0.25) is 4.90 Å². The molecule has 0 spiro atoms. The number of nitrogens with zero attached hydrogens (tertiary/aromatic N) is 1. The maximum absolute atomic E-state index is 5.68. The Bertz CT molecular complexity index is 473. The largest absolute Gasteiger partial charge is 0.389 e. The van der Waals surface area contributed by atoms with Crippen molar-refractivity contribution in [2.24, 2.45) is 5.73 Å². The topological polar surface area (TPSA) is 29.3 Å². The molecule has 0 bridgehead atoms. The van der Waals surface area contributed by atoms with Crippen LogP contribution in [0.4, 0.5) is 0 Å². The van der Waals surface area contributed by atoms with Crippen molar-refractivity contribution >= 4 is 29.0 Å². The third-order valence-electron chi connectivity index (χ3n) is 4.02. The van der Waals surface area contributed by atoms with Gasteiger partial charge in [0.2, 0.25) is 0 Å². The van der Waals surface area contributed by atoms with Gasteiger partial charge in [-0.25, -0.2) is 0 Å². The van der Waals surface area contributed by atoms with Gasteiger partial charge < -0.3 is 5.73 Å². The number of hydrogen-bond donors (Lipinski definition) is 1. The van der Waals surface area contributed by atoms with Gasteiger partial charge >= 0.3 is 0 Å². The molecule has 4 heteroatoms. The van der Waals surface area contributed by atoms with Crippen molar-refractivity contribution < 1.29 is 0 Å². The number of thiocarbonyl (C=S) groups is 1. The average Bonchev–Trinajstić information content (AvgIpc) is 2.37. The quantitative estimate of drug-likeness (QED) is 0.868. The second-order valence-corrected chi connectivity index (χ2v) is 7.22. The zero-order valence-electron chi connectivity index (χ0n) is 11.8. The lowest BCUT2D eigenvalue weighted by Crippen LogP contribution is -2.44. The van der Waals surface area contributed by atoms with E-state index in [1.54, 1.807) is 0 Å². The van der Waals surface area contributed by atoms with E-state index in [1.807, 2.05) is 6.07 Å². The summed E-state index contributed by atoms with van der Waals surface area (Å²) < 4.78 is 0. The minimum absolute atomic E-state index is 0.478. The van der Waals surface area contributed by atoms with Gasteiger partial charge in [0, 0.05) is 35.7 Å². The predicted molar refractivity (Wildman–Crippen MR) is 88.9 cm³/mol. The Labute approximate surface area is 125 Å². The van der Waals surface area contributed by atoms with E-state index in [-0.39, 0.29) is 0 Å². The Morgan fingerprint density at radius 1 is 1.47 bits per heavy atom. The highest BCUT2D eigenvalue weighted by molar-refractivity contribution is 8.00. The Kier molecular flexibility index (Phi) is 4.87. The fraction of sp³-hybridized carbons (Fsp3) is 0.533. The molecule has 1 heterocycles. The van der Waals surface area contributed by atoms with Crippen LogP contribution in [0.3, 0.4) is 0 Å². The molecule has 0 radical (unpaired) electrons. The molecule has 1 saturated heterocycles. The SMILES string of the molecule is Cc1cc(C(N)=S)ccc1CN1CCSC(C)C1C. The molecule has 2 atom stereocenters. The van der Waals surface area contributed by atoms with Crippen molar-refractivity contribution in [3.63, 3.8) is 0 Å². The molecule has 0 amide bonds. The van der Waals surface area contributed by atoms with Crippen molar-refractivity contribution in [3.8, 4) is 0 Å². The highest BCUT2D eigenvalue weighted by atomic mass is 32.2. The zero-order valence-corrected chi connectivity index (χ0v) is 13.5. The molecule has 1 fully saturated rings. The summed E-state index contributed by atoms with van der Waals surface area (Å²) in [5, 5.41) is 0.713. The minimum Gasteiger partial charge on any atom is -0.389 e. The van der Waals surface area contributed by atoms with Crippen LogP contribution in [0.2, 0.25) is 0 Å². The van der Waals surface area contributed by atoms with Crippen LogP contribution in [-0.4, -0.2) is 33.5 Å². The molecule has 2 unspecified atom stereocenters. The molecule has 104 valence electrons. The number of rotatable bonds is 3. The van der Waals surface area contributed by atoms with E-state index in [0.717, 1.165) is 12.1 Å². The van der Waals surface area contributed by atoms with E-state index in [2.05, 4.69) is 49.6 Å². The van der Waals surface area contributed by atoms with Crippen molar-refractivity contribution in [3.05, 3.63) is 34.9 Å². The van der Waals surface area contributed by atoms with Crippen LogP contribution in [0, 0.1) is 6.92 Å². The third-order valence-corrected chi connectivity index (χ3v) is 5.59. The van der Waals surface area contributed by atoms with E-state index in [1.165, 1.54) is 23.4 Å². The molecule has 2 rings (SSSR count). The van der Waals surface area contributed by atoms with E-state index >= 15 is 0 Å². The highest BCUT2D eigenvalue weighted by Crippen LogP contribution is 2.26. The highest BCUT2D eigenvalue weighted by Gasteiger charge is 2.25. The second-order valence-electron chi connectivity index (χ2n) is 5.29. The number of hydrogen-bond acceptors (Lipinski definition) is 3. The van der Waals surface area contributed by atoms with Crippen LogP contribution in [-0.2, 0) is 6.54 Å². The molecular formula is C15H22N2S2. The van der Waals surface area contributed by atoms with Gasteiger partial charge in [-0.2, -0.15) is 11.8 Å². The summed E-state index contributed by atoms with van der Waals surface area (Å²) in [7, 11) is 0. The number of aryl methyl sites for hydroxylation is 1. The van der Waals surface area contributed by atoms with Gasteiger partial charge in [-0.05, 0) is 31.0 Å². The Balaban J connectivity index is 2.12. The molecule has 19 heavy (non-hydrogen) atoms. The van der Waals surface area contributed by atoms with Crippen LogP contribution >= 0.6 is 24.0 Å². The molecule has 0 saturated carbocycles. The normalized spacial score (nSPS) is 24.4.